The number of aromatic amines is 1. The number of H-pyrrole nitrogens is 1. The number of aryl methyl sites for hydroxylation is 1. The molecular weight excluding hydrogens is 272 g/mol. The molecule has 1 aromatic carbocycles. The van der Waals surface area contributed by atoms with Gasteiger partial charge in [-0.2, -0.15) is 0 Å². The molecule has 1 aromatic heterocycles. The molecule has 0 aliphatic rings. The predicted molar refractivity (Wildman–Crippen MR) is 79.4 cm³/mol. The van der Waals surface area contributed by atoms with E-state index in [1.165, 1.54) is 11.8 Å². The van der Waals surface area contributed by atoms with Crippen molar-refractivity contribution in [3.05, 3.63) is 41.7 Å². The highest BCUT2D eigenvalue weighted by molar-refractivity contribution is 7.99. The summed E-state index contributed by atoms with van der Waals surface area (Å²) in [4.78, 5) is 18.2. The first-order valence-electron chi connectivity index (χ1n) is 6.52. The number of hydrogen-bond acceptors (Lipinski definition) is 4. The van der Waals surface area contributed by atoms with Gasteiger partial charge in [-0.25, -0.2) is 4.98 Å². The Morgan fingerprint density at radius 3 is 2.70 bits per heavy atom. The third kappa shape index (κ3) is 4.09. The standard InChI is InChI=1S/C14H18N4OS/c1-3-18(9-12-7-5-4-6-8-12)13(19)10-20-14-15-11(2)16-17-14/h4-8H,3,9-10H2,1-2H3,(H,15,16,17). The molecule has 2 aromatic rings. The van der Waals surface area contributed by atoms with Gasteiger partial charge in [0.25, 0.3) is 0 Å². The molecule has 0 aliphatic carbocycles. The fourth-order valence-corrected chi connectivity index (χ4v) is 2.53. The molecule has 0 radical (unpaired) electrons. The maximum atomic E-state index is 12.2. The number of carbonyl (C=O) groups excluding carboxylic acids is 1. The van der Waals surface area contributed by atoms with E-state index in [9.17, 15) is 4.79 Å². The first-order valence-corrected chi connectivity index (χ1v) is 7.51. The summed E-state index contributed by atoms with van der Waals surface area (Å²) in [7, 11) is 0. The summed E-state index contributed by atoms with van der Waals surface area (Å²) in [5, 5.41) is 7.40. The lowest BCUT2D eigenvalue weighted by atomic mass is 10.2. The van der Waals surface area contributed by atoms with E-state index in [4.69, 9.17) is 0 Å². The minimum atomic E-state index is 0.101. The first kappa shape index (κ1) is 14.6. The van der Waals surface area contributed by atoms with E-state index in [0.29, 0.717) is 24.0 Å². The van der Waals surface area contributed by atoms with E-state index >= 15 is 0 Å². The molecule has 20 heavy (non-hydrogen) atoms. The summed E-state index contributed by atoms with van der Waals surface area (Å²) >= 11 is 1.36. The molecule has 0 unspecified atom stereocenters. The molecule has 0 spiro atoms. The van der Waals surface area contributed by atoms with Crippen LogP contribution in [-0.2, 0) is 11.3 Å². The summed E-state index contributed by atoms with van der Waals surface area (Å²) in [6.45, 7) is 5.17. The lowest BCUT2D eigenvalue weighted by Crippen LogP contribution is -2.31. The summed E-state index contributed by atoms with van der Waals surface area (Å²) in [6.07, 6.45) is 0. The van der Waals surface area contributed by atoms with Crippen LogP contribution in [0.1, 0.15) is 18.3 Å². The van der Waals surface area contributed by atoms with Gasteiger partial charge in [-0.3, -0.25) is 9.89 Å². The van der Waals surface area contributed by atoms with Gasteiger partial charge in [0, 0.05) is 13.1 Å². The number of aromatic nitrogens is 3. The monoisotopic (exact) mass is 290 g/mol. The molecule has 0 saturated carbocycles. The predicted octanol–water partition coefficient (Wildman–Crippen LogP) is 2.25. The number of thioether (sulfide) groups is 1. The smallest absolute Gasteiger partial charge is 0.233 e. The molecule has 0 aliphatic heterocycles. The quantitative estimate of drug-likeness (QED) is 0.829. The Morgan fingerprint density at radius 1 is 1.35 bits per heavy atom. The fraction of sp³-hybridized carbons (Fsp3) is 0.357. The van der Waals surface area contributed by atoms with Crippen molar-refractivity contribution in [3.8, 4) is 0 Å². The molecule has 106 valence electrons. The zero-order chi connectivity index (χ0) is 14.4. The molecular formula is C14H18N4OS. The van der Waals surface area contributed by atoms with Gasteiger partial charge in [-0.15, -0.1) is 5.10 Å². The zero-order valence-corrected chi connectivity index (χ0v) is 12.5. The van der Waals surface area contributed by atoms with Crippen LogP contribution in [0.3, 0.4) is 0 Å². The molecule has 1 amide bonds. The molecule has 1 heterocycles. The Labute approximate surface area is 122 Å². The van der Waals surface area contributed by atoms with Gasteiger partial charge in [-0.05, 0) is 19.4 Å². The third-order valence-corrected chi connectivity index (χ3v) is 3.68. The van der Waals surface area contributed by atoms with Crippen molar-refractivity contribution in [2.75, 3.05) is 12.3 Å². The Bertz CT molecular complexity index is 555. The second-order valence-electron chi connectivity index (χ2n) is 4.39. The molecule has 5 nitrogen and oxygen atoms in total. The van der Waals surface area contributed by atoms with Crippen molar-refractivity contribution in [1.82, 2.24) is 20.1 Å². The summed E-state index contributed by atoms with van der Waals surface area (Å²) < 4.78 is 0. The first-order chi connectivity index (χ1) is 9.69. The van der Waals surface area contributed by atoms with Crippen LogP contribution in [0.15, 0.2) is 35.5 Å². The number of amides is 1. The fourth-order valence-electron chi connectivity index (χ4n) is 1.78. The largest absolute Gasteiger partial charge is 0.338 e. The average molecular weight is 290 g/mol. The van der Waals surface area contributed by atoms with E-state index < -0.39 is 0 Å². The number of rotatable bonds is 6. The van der Waals surface area contributed by atoms with E-state index in [0.717, 1.165) is 11.4 Å². The SMILES string of the molecule is CCN(Cc1ccccc1)C(=O)CSc1n[nH]c(C)n1. The van der Waals surface area contributed by atoms with Crippen molar-refractivity contribution >= 4 is 17.7 Å². The van der Waals surface area contributed by atoms with Crippen LogP contribution in [0.25, 0.3) is 0 Å². The van der Waals surface area contributed by atoms with Crippen LogP contribution in [-0.4, -0.2) is 38.3 Å². The number of hydrogen-bond donors (Lipinski definition) is 1. The molecule has 1 N–H and O–H groups in total. The van der Waals surface area contributed by atoms with Gasteiger partial charge in [0.2, 0.25) is 11.1 Å². The lowest BCUT2D eigenvalue weighted by Gasteiger charge is -2.20. The van der Waals surface area contributed by atoms with E-state index in [1.807, 2.05) is 49.1 Å². The highest BCUT2D eigenvalue weighted by atomic mass is 32.2. The molecule has 0 bridgehead atoms. The highest BCUT2D eigenvalue weighted by Gasteiger charge is 2.13. The van der Waals surface area contributed by atoms with E-state index in [2.05, 4.69) is 15.2 Å². The van der Waals surface area contributed by atoms with Gasteiger partial charge in [-0.1, -0.05) is 42.1 Å². The molecule has 6 heteroatoms. The Morgan fingerprint density at radius 2 is 2.10 bits per heavy atom. The topological polar surface area (TPSA) is 61.9 Å². The van der Waals surface area contributed by atoms with Crippen molar-refractivity contribution in [2.24, 2.45) is 0 Å². The van der Waals surface area contributed by atoms with Crippen molar-refractivity contribution in [1.29, 1.82) is 0 Å². The second kappa shape index (κ2) is 7.09. The second-order valence-corrected chi connectivity index (χ2v) is 5.33. The number of benzene rings is 1. The van der Waals surface area contributed by atoms with Gasteiger partial charge in [0.05, 0.1) is 5.75 Å². The normalized spacial score (nSPS) is 10.5. The van der Waals surface area contributed by atoms with Gasteiger partial charge < -0.3 is 4.90 Å². The van der Waals surface area contributed by atoms with E-state index in [1.54, 1.807) is 0 Å². The third-order valence-electron chi connectivity index (χ3n) is 2.85. The summed E-state index contributed by atoms with van der Waals surface area (Å²) in [6, 6.07) is 10.0. The molecule has 0 saturated heterocycles. The van der Waals surface area contributed by atoms with Crippen LogP contribution in [0.2, 0.25) is 0 Å². The maximum absolute atomic E-state index is 12.2. The zero-order valence-electron chi connectivity index (χ0n) is 11.7. The molecule has 0 fully saturated rings. The Kier molecular flexibility index (Phi) is 5.17. The summed E-state index contributed by atoms with van der Waals surface area (Å²) in [5.74, 6) is 1.22. The Hall–Kier alpha value is -1.82. The lowest BCUT2D eigenvalue weighted by molar-refractivity contribution is -0.128. The van der Waals surface area contributed by atoms with Gasteiger partial charge >= 0.3 is 0 Å². The van der Waals surface area contributed by atoms with Crippen LogP contribution in [0.5, 0.6) is 0 Å². The number of nitrogens with one attached hydrogen (secondary N) is 1. The minimum absolute atomic E-state index is 0.101. The van der Waals surface area contributed by atoms with E-state index in [-0.39, 0.29) is 5.91 Å². The average Bonchev–Trinajstić information content (AvgIpc) is 2.89. The summed E-state index contributed by atoms with van der Waals surface area (Å²) in [5.41, 5.74) is 1.14. The number of nitrogens with zero attached hydrogens (tertiary/aromatic N) is 3. The van der Waals surface area contributed by atoms with Gasteiger partial charge in [0.15, 0.2) is 0 Å². The van der Waals surface area contributed by atoms with Crippen LogP contribution < -0.4 is 0 Å². The van der Waals surface area contributed by atoms with Crippen LogP contribution in [0.4, 0.5) is 0 Å². The maximum Gasteiger partial charge on any atom is 0.233 e. The van der Waals surface area contributed by atoms with Crippen molar-refractivity contribution < 1.29 is 4.79 Å². The Balaban J connectivity index is 1.89. The minimum Gasteiger partial charge on any atom is -0.338 e. The molecule has 2 rings (SSSR count). The van der Waals surface area contributed by atoms with Crippen molar-refractivity contribution in [2.45, 2.75) is 25.5 Å². The van der Waals surface area contributed by atoms with Crippen LogP contribution >= 0.6 is 11.8 Å². The number of carbonyl (C=O) groups is 1. The van der Waals surface area contributed by atoms with Crippen molar-refractivity contribution in [3.63, 3.8) is 0 Å². The van der Waals surface area contributed by atoms with Crippen LogP contribution in [0, 0.1) is 6.92 Å². The highest BCUT2D eigenvalue weighted by Crippen LogP contribution is 2.14. The van der Waals surface area contributed by atoms with Gasteiger partial charge in [0.1, 0.15) is 5.82 Å². The molecule has 0 atom stereocenters.